The van der Waals surface area contributed by atoms with E-state index in [0.29, 0.717) is 34.9 Å². The molecule has 3 aromatic carbocycles. The molecule has 3 rings (SSSR count). The third kappa shape index (κ3) is 5.48. The molecule has 0 heterocycles. The Bertz CT molecular complexity index is 1220. The summed E-state index contributed by atoms with van der Waals surface area (Å²) in [5, 5.41) is 12.5. The molecule has 0 aliphatic rings. The van der Waals surface area contributed by atoms with Crippen LogP contribution < -0.4 is 15.0 Å². The number of nitrogens with zero attached hydrogens (tertiary/aromatic N) is 1. The second-order valence-corrected chi connectivity index (χ2v) is 9.77. The summed E-state index contributed by atoms with van der Waals surface area (Å²) >= 11 is 0. The zero-order chi connectivity index (χ0) is 24.7. The van der Waals surface area contributed by atoms with Crippen LogP contribution in [0.3, 0.4) is 0 Å². The molecule has 11 heteroatoms. The van der Waals surface area contributed by atoms with Gasteiger partial charge < -0.3 is 20.1 Å². The summed E-state index contributed by atoms with van der Waals surface area (Å²) in [6.07, 6.45) is 0. The number of hydrogen-bond acceptors (Lipinski definition) is 4. The first-order valence-electron chi connectivity index (χ1n) is 9.46. The first kappa shape index (κ1) is 24.2. The largest absolute Gasteiger partial charge is 0.497 e. The number of halogens is 5. The normalized spacial score (nSPS) is 13.6. The molecule has 0 amide bonds. The van der Waals surface area contributed by atoms with Gasteiger partial charge in [0.25, 0.3) is 0 Å². The van der Waals surface area contributed by atoms with Gasteiger partial charge in [0, 0.05) is 24.1 Å². The Morgan fingerprint density at radius 1 is 0.909 bits per heavy atom. The number of carboxylic acids is 1. The minimum atomic E-state index is -9.73. The minimum Gasteiger partial charge on any atom is -0.497 e. The number of rotatable bonds is 7. The number of aryl methyl sites for hydroxylation is 1. The maximum absolute atomic E-state index is 12.9. The van der Waals surface area contributed by atoms with Crippen molar-refractivity contribution in [1.82, 2.24) is 0 Å². The number of aromatic carboxylic acids is 1. The Balaban J connectivity index is 1.86. The number of anilines is 4. The summed E-state index contributed by atoms with van der Waals surface area (Å²) in [5.41, 5.74) is 2.56. The van der Waals surface area contributed by atoms with E-state index < -0.39 is 21.1 Å². The molecule has 0 radical (unpaired) electrons. The summed E-state index contributed by atoms with van der Waals surface area (Å²) in [4.78, 5) is 11.2. The molecule has 0 aliphatic heterocycles. The predicted octanol–water partition coefficient (Wildman–Crippen LogP) is 7.87. The van der Waals surface area contributed by atoms with Crippen molar-refractivity contribution in [2.24, 2.45) is 0 Å². The van der Waals surface area contributed by atoms with Gasteiger partial charge >= 0.3 is 16.2 Å². The van der Waals surface area contributed by atoms with Crippen molar-refractivity contribution in [3.05, 3.63) is 71.8 Å². The van der Waals surface area contributed by atoms with Gasteiger partial charge in [-0.05, 0) is 73.2 Å². The highest BCUT2D eigenvalue weighted by atomic mass is 32.5. The number of carbonyl (C=O) groups is 1. The first-order chi connectivity index (χ1) is 15.1. The highest BCUT2D eigenvalue weighted by Gasteiger charge is 2.65. The molecule has 2 N–H and O–H groups in total. The van der Waals surface area contributed by atoms with Crippen LogP contribution in [-0.4, -0.2) is 25.2 Å². The van der Waals surface area contributed by atoms with Gasteiger partial charge in [-0.15, -0.1) is 0 Å². The first-order valence-corrected chi connectivity index (χ1v) is 11.4. The SMILES string of the molecule is COc1ccc(Nc2ccc(N(C)c3ccc(S(F)(F)(F)(F)F)cc3)cc2C)c(C(=O)O)c1. The highest BCUT2D eigenvalue weighted by Crippen LogP contribution is 3.02. The molecule has 0 saturated heterocycles. The van der Waals surface area contributed by atoms with Gasteiger partial charge in [0.15, 0.2) is 0 Å². The highest BCUT2D eigenvalue weighted by molar-refractivity contribution is 8.45. The Morgan fingerprint density at radius 3 is 2.00 bits per heavy atom. The van der Waals surface area contributed by atoms with E-state index in [0.717, 1.165) is 17.7 Å². The maximum Gasteiger partial charge on any atom is 0.337 e. The monoisotopic (exact) mass is 488 g/mol. The topological polar surface area (TPSA) is 61.8 Å². The van der Waals surface area contributed by atoms with Crippen molar-refractivity contribution in [3.8, 4) is 5.75 Å². The molecule has 0 aliphatic carbocycles. The molecule has 0 bridgehead atoms. The zero-order valence-electron chi connectivity index (χ0n) is 17.8. The lowest BCUT2D eigenvalue weighted by atomic mass is 10.1. The fraction of sp³-hybridized carbons (Fsp3) is 0.136. The van der Waals surface area contributed by atoms with Crippen LogP contribution >= 0.6 is 10.2 Å². The summed E-state index contributed by atoms with van der Waals surface area (Å²) in [5.74, 6) is -0.747. The van der Waals surface area contributed by atoms with Gasteiger partial charge in [0.2, 0.25) is 0 Å². The molecule has 0 spiro atoms. The van der Waals surface area contributed by atoms with Crippen LogP contribution in [0.5, 0.6) is 5.75 Å². The number of hydrogen-bond donors (Lipinski definition) is 2. The van der Waals surface area contributed by atoms with Crippen LogP contribution in [0, 0.1) is 6.92 Å². The Labute approximate surface area is 187 Å². The van der Waals surface area contributed by atoms with E-state index in [2.05, 4.69) is 5.32 Å². The fourth-order valence-electron chi connectivity index (χ4n) is 3.15. The number of nitrogens with one attached hydrogen (secondary N) is 1. The number of carboxylic acid groups (broad SMARTS) is 1. The lowest BCUT2D eigenvalue weighted by molar-refractivity contribution is 0.0697. The third-order valence-corrected chi connectivity index (χ3v) is 6.16. The molecule has 178 valence electrons. The van der Waals surface area contributed by atoms with E-state index >= 15 is 0 Å². The molecule has 0 saturated carbocycles. The van der Waals surface area contributed by atoms with Crippen LogP contribution in [-0.2, 0) is 0 Å². The van der Waals surface area contributed by atoms with Crippen molar-refractivity contribution in [1.29, 1.82) is 0 Å². The lowest BCUT2D eigenvalue weighted by Crippen LogP contribution is -2.11. The van der Waals surface area contributed by atoms with Crippen LogP contribution in [0.4, 0.5) is 42.2 Å². The molecule has 0 fully saturated rings. The Morgan fingerprint density at radius 2 is 1.48 bits per heavy atom. The van der Waals surface area contributed by atoms with Crippen LogP contribution in [0.2, 0.25) is 0 Å². The van der Waals surface area contributed by atoms with Crippen LogP contribution in [0.1, 0.15) is 15.9 Å². The summed E-state index contributed by atoms with van der Waals surface area (Å²) in [7, 11) is -6.72. The second kappa shape index (κ2) is 7.55. The van der Waals surface area contributed by atoms with Crippen molar-refractivity contribution in [3.63, 3.8) is 0 Å². The lowest BCUT2D eigenvalue weighted by Gasteiger charge is -2.40. The number of methoxy groups -OCH3 is 1. The zero-order valence-corrected chi connectivity index (χ0v) is 18.6. The van der Waals surface area contributed by atoms with E-state index in [4.69, 9.17) is 4.74 Å². The molecule has 0 atom stereocenters. The van der Waals surface area contributed by atoms with E-state index in [1.165, 1.54) is 13.2 Å². The Hall–Kier alpha value is -3.47. The smallest absolute Gasteiger partial charge is 0.337 e. The number of benzene rings is 3. The Kier molecular flexibility index (Phi) is 5.53. The predicted molar refractivity (Wildman–Crippen MR) is 120 cm³/mol. The van der Waals surface area contributed by atoms with E-state index in [1.54, 1.807) is 49.2 Å². The molecule has 0 unspecified atom stereocenters. The van der Waals surface area contributed by atoms with Gasteiger partial charge in [-0.25, -0.2) is 4.79 Å². The summed E-state index contributed by atoms with van der Waals surface area (Å²) in [6, 6.07) is 12.3. The molecule has 3 aromatic rings. The van der Waals surface area contributed by atoms with Crippen molar-refractivity contribution < 1.29 is 34.1 Å². The van der Waals surface area contributed by atoms with Gasteiger partial charge in [0.05, 0.1) is 18.4 Å². The summed E-state index contributed by atoms with van der Waals surface area (Å²) < 4.78 is 69.7. The van der Waals surface area contributed by atoms with Crippen molar-refractivity contribution in [2.45, 2.75) is 11.8 Å². The quantitative estimate of drug-likeness (QED) is 0.331. The van der Waals surface area contributed by atoms with E-state index in [1.807, 2.05) is 0 Å². The molecule has 5 nitrogen and oxygen atoms in total. The standard InChI is InChI=1S/C22H21F5N2O3S/c1-14-12-16(29(2)15-4-8-18(9-5-15)33(23,24,25,26)27)6-10-20(14)28-21-11-7-17(32-3)13-19(21)22(30)31/h4-13,28H,1-3H3,(H,30,31). The van der Waals surface area contributed by atoms with Gasteiger partial charge in [-0.1, -0.05) is 19.4 Å². The average Bonchev–Trinajstić information content (AvgIpc) is 2.73. The third-order valence-electron chi connectivity index (χ3n) is 4.99. The van der Waals surface area contributed by atoms with Crippen LogP contribution in [0.15, 0.2) is 65.6 Å². The molecular weight excluding hydrogens is 467 g/mol. The summed E-state index contributed by atoms with van der Waals surface area (Å²) in [6.45, 7) is 1.76. The maximum atomic E-state index is 12.9. The van der Waals surface area contributed by atoms with Crippen molar-refractivity contribution >= 4 is 38.9 Å². The number of ether oxygens (including phenoxy) is 1. The van der Waals surface area contributed by atoms with Crippen LogP contribution in [0.25, 0.3) is 0 Å². The molecular formula is C22H21F5N2O3S. The van der Waals surface area contributed by atoms with Gasteiger partial charge in [0.1, 0.15) is 10.6 Å². The minimum absolute atomic E-state index is 0.0129. The van der Waals surface area contributed by atoms with Gasteiger partial charge in [-0.3, -0.25) is 0 Å². The average molecular weight is 488 g/mol. The van der Waals surface area contributed by atoms with E-state index in [-0.39, 0.29) is 11.3 Å². The molecule has 33 heavy (non-hydrogen) atoms. The second-order valence-electron chi connectivity index (χ2n) is 7.36. The molecule has 0 aromatic heterocycles. The fourth-order valence-corrected chi connectivity index (χ4v) is 3.80. The van der Waals surface area contributed by atoms with Crippen molar-refractivity contribution in [2.75, 3.05) is 24.4 Å². The van der Waals surface area contributed by atoms with E-state index in [9.17, 15) is 29.3 Å². The van der Waals surface area contributed by atoms with Gasteiger partial charge in [-0.2, -0.15) is 0 Å².